The smallest absolute Gasteiger partial charge is 0.194 e. The van der Waals surface area contributed by atoms with Gasteiger partial charge in [-0.25, -0.2) is 0 Å². The normalized spacial score (nSPS) is 10.8. The van der Waals surface area contributed by atoms with Crippen LogP contribution in [0.1, 0.15) is 16.7 Å². The largest absolute Gasteiger partial charge is 0.494 e. The second kappa shape index (κ2) is 4.45. The molecule has 0 radical (unpaired) electrons. The van der Waals surface area contributed by atoms with E-state index in [4.69, 9.17) is 0 Å². The lowest BCUT2D eigenvalue weighted by atomic mass is 10.1. The number of nitrogens with zero attached hydrogens (tertiary/aromatic N) is 1. The van der Waals surface area contributed by atoms with Gasteiger partial charge in [0.15, 0.2) is 11.8 Å². The fourth-order valence-electron chi connectivity index (χ4n) is 1.92. The molecule has 0 saturated heterocycles. The third-order valence-corrected chi connectivity index (χ3v) is 4.02. The van der Waals surface area contributed by atoms with Crippen LogP contribution in [0.15, 0.2) is 28.7 Å². The van der Waals surface area contributed by atoms with Crippen LogP contribution in [-0.4, -0.2) is 14.8 Å². The van der Waals surface area contributed by atoms with Crippen LogP contribution in [0.2, 0.25) is 0 Å². The first-order chi connectivity index (χ1) is 7.99. The molecule has 1 aromatic heterocycles. The molecule has 2 rings (SSSR count). The van der Waals surface area contributed by atoms with Gasteiger partial charge in [-0.05, 0) is 30.5 Å². The first-order valence-electron chi connectivity index (χ1n) is 5.32. The summed E-state index contributed by atoms with van der Waals surface area (Å²) in [5, 5.41) is 19.2. The molecule has 17 heavy (non-hydrogen) atoms. The van der Waals surface area contributed by atoms with Crippen molar-refractivity contribution in [3.05, 3.63) is 45.4 Å². The van der Waals surface area contributed by atoms with Gasteiger partial charge in [0.2, 0.25) is 0 Å². The molecular formula is C13H14BrNO2. The lowest BCUT2D eigenvalue weighted by molar-refractivity contribution is 0.377. The molecule has 0 amide bonds. The highest BCUT2D eigenvalue weighted by atomic mass is 79.9. The van der Waals surface area contributed by atoms with Crippen molar-refractivity contribution in [2.24, 2.45) is 0 Å². The predicted octanol–water partition coefficient (Wildman–Crippen LogP) is 3.33. The Morgan fingerprint density at radius 1 is 1.06 bits per heavy atom. The van der Waals surface area contributed by atoms with E-state index in [-0.39, 0.29) is 11.8 Å². The van der Waals surface area contributed by atoms with E-state index in [0.29, 0.717) is 6.54 Å². The van der Waals surface area contributed by atoms with Crippen molar-refractivity contribution in [3.63, 3.8) is 0 Å². The number of aromatic nitrogens is 1. The van der Waals surface area contributed by atoms with Gasteiger partial charge in [-0.2, -0.15) is 0 Å². The van der Waals surface area contributed by atoms with Crippen LogP contribution in [0.3, 0.4) is 0 Å². The number of aryl methyl sites for hydroxylation is 2. The highest BCUT2D eigenvalue weighted by Crippen LogP contribution is 2.26. The summed E-state index contributed by atoms with van der Waals surface area (Å²) in [6.45, 7) is 4.51. The van der Waals surface area contributed by atoms with Crippen molar-refractivity contribution in [1.29, 1.82) is 0 Å². The zero-order valence-electron chi connectivity index (χ0n) is 9.74. The quantitative estimate of drug-likeness (QED) is 0.893. The molecule has 0 bridgehead atoms. The third-order valence-electron chi connectivity index (χ3n) is 2.77. The number of rotatable bonds is 2. The van der Waals surface area contributed by atoms with Gasteiger partial charge in [-0.1, -0.05) is 28.1 Å². The molecule has 2 N–H and O–H groups in total. The van der Waals surface area contributed by atoms with Crippen LogP contribution in [0, 0.1) is 13.8 Å². The minimum Gasteiger partial charge on any atom is -0.494 e. The Morgan fingerprint density at radius 3 is 2.00 bits per heavy atom. The van der Waals surface area contributed by atoms with Gasteiger partial charge in [0, 0.05) is 16.6 Å². The SMILES string of the molecule is Cc1cc(Cn2c(O)ccc2O)cc(C)c1Br. The average molecular weight is 296 g/mol. The molecule has 2 aromatic rings. The number of hydrogen-bond acceptors (Lipinski definition) is 2. The van der Waals surface area contributed by atoms with Gasteiger partial charge < -0.3 is 10.2 Å². The maximum Gasteiger partial charge on any atom is 0.194 e. The molecule has 0 fully saturated rings. The zero-order chi connectivity index (χ0) is 12.6. The Hall–Kier alpha value is -1.42. The van der Waals surface area contributed by atoms with Crippen LogP contribution in [0.25, 0.3) is 0 Å². The Labute approximate surface area is 108 Å². The lowest BCUT2D eigenvalue weighted by Gasteiger charge is -2.10. The zero-order valence-corrected chi connectivity index (χ0v) is 11.3. The Kier molecular flexibility index (Phi) is 3.15. The van der Waals surface area contributed by atoms with E-state index in [9.17, 15) is 10.2 Å². The van der Waals surface area contributed by atoms with Gasteiger partial charge in [0.1, 0.15) is 0 Å². The van der Waals surface area contributed by atoms with Crippen molar-refractivity contribution in [1.82, 2.24) is 4.57 Å². The monoisotopic (exact) mass is 295 g/mol. The van der Waals surface area contributed by atoms with Crippen molar-refractivity contribution < 1.29 is 10.2 Å². The van der Waals surface area contributed by atoms with Gasteiger partial charge in [0.05, 0.1) is 6.54 Å². The lowest BCUT2D eigenvalue weighted by Crippen LogP contribution is -1.99. The standard InChI is InChI=1S/C13H14BrNO2/c1-8-5-10(6-9(2)13(8)14)7-15-11(16)3-4-12(15)17/h3-6,16-17H,7H2,1-2H3. The summed E-state index contributed by atoms with van der Waals surface area (Å²) in [5.41, 5.74) is 3.34. The van der Waals surface area contributed by atoms with E-state index in [2.05, 4.69) is 15.9 Å². The maximum absolute atomic E-state index is 9.58. The average Bonchev–Trinajstić information content (AvgIpc) is 2.57. The maximum atomic E-state index is 9.58. The highest BCUT2D eigenvalue weighted by Gasteiger charge is 2.08. The Morgan fingerprint density at radius 2 is 1.53 bits per heavy atom. The van der Waals surface area contributed by atoms with Crippen molar-refractivity contribution >= 4 is 15.9 Å². The van der Waals surface area contributed by atoms with Crippen LogP contribution in [-0.2, 0) is 6.54 Å². The second-order valence-electron chi connectivity index (χ2n) is 4.18. The van der Waals surface area contributed by atoms with E-state index in [1.54, 1.807) is 0 Å². The molecule has 0 saturated carbocycles. The first kappa shape index (κ1) is 12.0. The van der Waals surface area contributed by atoms with E-state index in [1.807, 2.05) is 26.0 Å². The molecule has 0 atom stereocenters. The topological polar surface area (TPSA) is 45.4 Å². The highest BCUT2D eigenvalue weighted by molar-refractivity contribution is 9.10. The number of hydrogen-bond donors (Lipinski definition) is 2. The fraction of sp³-hybridized carbons (Fsp3) is 0.231. The van der Waals surface area contributed by atoms with E-state index in [0.717, 1.165) is 21.2 Å². The van der Waals surface area contributed by atoms with Gasteiger partial charge in [0.25, 0.3) is 0 Å². The van der Waals surface area contributed by atoms with Crippen LogP contribution < -0.4 is 0 Å². The molecule has 0 aliphatic carbocycles. The molecular weight excluding hydrogens is 282 g/mol. The van der Waals surface area contributed by atoms with Gasteiger partial charge in [-0.3, -0.25) is 4.57 Å². The van der Waals surface area contributed by atoms with Gasteiger partial charge >= 0.3 is 0 Å². The van der Waals surface area contributed by atoms with Crippen molar-refractivity contribution in [2.75, 3.05) is 0 Å². The minimum atomic E-state index is 0.0701. The van der Waals surface area contributed by atoms with Gasteiger partial charge in [-0.15, -0.1) is 0 Å². The van der Waals surface area contributed by atoms with E-state index < -0.39 is 0 Å². The molecule has 1 aromatic carbocycles. The second-order valence-corrected chi connectivity index (χ2v) is 4.97. The molecule has 0 unspecified atom stereocenters. The predicted molar refractivity (Wildman–Crippen MR) is 70.5 cm³/mol. The molecule has 1 heterocycles. The summed E-state index contributed by atoms with van der Waals surface area (Å²) in [6, 6.07) is 7.04. The number of aromatic hydroxyl groups is 2. The van der Waals surface area contributed by atoms with Crippen LogP contribution in [0.5, 0.6) is 11.8 Å². The summed E-state index contributed by atoms with van der Waals surface area (Å²) in [4.78, 5) is 0. The summed E-state index contributed by atoms with van der Waals surface area (Å²) in [6.07, 6.45) is 0. The van der Waals surface area contributed by atoms with E-state index in [1.165, 1.54) is 16.7 Å². The van der Waals surface area contributed by atoms with Crippen molar-refractivity contribution in [2.45, 2.75) is 20.4 Å². The van der Waals surface area contributed by atoms with Crippen LogP contribution in [0.4, 0.5) is 0 Å². The minimum absolute atomic E-state index is 0.0701. The molecule has 0 aliphatic rings. The number of halogens is 1. The third kappa shape index (κ3) is 2.31. The molecule has 0 spiro atoms. The van der Waals surface area contributed by atoms with Crippen molar-refractivity contribution in [3.8, 4) is 11.8 Å². The number of benzene rings is 1. The molecule has 3 nitrogen and oxygen atoms in total. The molecule has 4 heteroatoms. The molecule has 90 valence electrons. The fourth-order valence-corrected chi connectivity index (χ4v) is 2.15. The summed E-state index contributed by atoms with van der Waals surface area (Å²) < 4.78 is 2.56. The summed E-state index contributed by atoms with van der Waals surface area (Å²) in [5.74, 6) is 0.140. The first-order valence-corrected chi connectivity index (χ1v) is 6.11. The Balaban J connectivity index is 2.37. The summed E-state index contributed by atoms with van der Waals surface area (Å²) >= 11 is 3.51. The summed E-state index contributed by atoms with van der Waals surface area (Å²) in [7, 11) is 0. The molecule has 0 aliphatic heterocycles. The van der Waals surface area contributed by atoms with Crippen LogP contribution >= 0.6 is 15.9 Å². The Bertz CT molecular complexity index is 518. The van der Waals surface area contributed by atoms with E-state index >= 15 is 0 Å².